The maximum absolute atomic E-state index is 2.48. The van der Waals surface area contributed by atoms with Gasteiger partial charge in [0.05, 0.1) is 11.0 Å². The Bertz CT molecular complexity index is 3370. The number of nitrogens with zero attached hydrogens (tertiary/aromatic N) is 2. The number of rotatable bonds is 7. The second kappa shape index (κ2) is 16.5. The summed E-state index contributed by atoms with van der Waals surface area (Å²) in [6.45, 7) is 8.73. The summed E-state index contributed by atoms with van der Waals surface area (Å²) >= 11 is 0. The van der Waals surface area contributed by atoms with Gasteiger partial charge in [-0.15, -0.1) is 0 Å². The molecular formula is C63H52N2. The quantitative estimate of drug-likeness (QED) is 0.155. The third-order valence-electron chi connectivity index (χ3n) is 13.7. The SMILES string of the molecule is CC.CC1(C)c2ccccc2-c2ccc(N(c3ccc(-c4ccccc4)cc3)c3ccc4c5c6c(ccc5n(-c5ccc(-c7ccc(-c8ccccc8)cc7)cc5)c4c3)CCC=C6)cc21. The Morgan fingerprint density at radius 2 is 0.969 bits per heavy atom. The highest BCUT2D eigenvalue weighted by atomic mass is 15.1. The molecule has 314 valence electrons. The van der Waals surface area contributed by atoms with Crippen molar-refractivity contribution in [2.45, 2.75) is 46.0 Å². The second-order valence-electron chi connectivity index (χ2n) is 17.6. The second-order valence-corrected chi connectivity index (χ2v) is 17.6. The van der Waals surface area contributed by atoms with E-state index in [0.717, 1.165) is 35.6 Å². The summed E-state index contributed by atoms with van der Waals surface area (Å²) in [4.78, 5) is 2.45. The molecule has 2 nitrogen and oxygen atoms in total. The maximum atomic E-state index is 2.48. The van der Waals surface area contributed by atoms with E-state index in [1.807, 2.05) is 13.8 Å². The van der Waals surface area contributed by atoms with E-state index >= 15 is 0 Å². The molecule has 0 unspecified atom stereocenters. The first-order valence-electron chi connectivity index (χ1n) is 23.2. The molecule has 12 rings (SSSR count). The number of aromatic nitrogens is 1. The number of hydrogen-bond donors (Lipinski definition) is 0. The molecule has 0 spiro atoms. The van der Waals surface area contributed by atoms with E-state index in [0.29, 0.717) is 0 Å². The van der Waals surface area contributed by atoms with Crippen LogP contribution in [0.2, 0.25) is 0 Å². The number of benzene rings is 9. The summed E-state index contributed by atoms with van der Waals surface area (Å²) in [7, 11) is 0. The molecule has 0 fully saturated rings. The van der Waals surface area contributed by atoms with Gasteiger partial charge in [-0.2, -0.15) is 0 Å². The number of aryl methyl sites for hydroxylation is 1. The fourth-order valence-electron chi connectivity index (χ4n) is 10.4. The summed E-state index contributed by atoms with van der Waals surface area (Å²) < 4.78 is 2.48. The molecule has 0 aliphatic heterocycles. The third kappa shape index (κ3) is 6.89. The van der Waals surface area contributed by atoms with E-state index in [4.69, 9.17) is 0 Å². The Morgan fingerprint density at radius 1 is 0.446 bits per heavy atom. The van der Waals surface area contributed by atoms with Crippen LogP contribution in [0, 0.1) is 0 Å². The maximum Gasteiger partial charge on any atom is 0.0562 e. The normalized spacial score (nSPS) is 13.2. The zero-order valence-corrected chi connectivity index (χ0v) is 37.6. The van der Waals surface area contributed by atoms with Crippen molar-refractivity contribution in [3.05, 3.63) is 235 Å². The molecule has 1 heterocycles. The van der Waals surface area contributed by atoms with Crippen molar-refractivity contribution < 1.29 is 0 Å². The average Bonchev–Trinajstić information content (AvgIpc) is 3.83. The predicted molar refractivity (Wildman–Crippen MR) is 278 cm³/mol. The Kier molecular flexibility index (Phi) is 10.2. The average molecular weight is 837 g/mol. The largest absolute Gasteiger partial charge is 0.310 e. The Labute approximate surface area is 383 Å². The van der Waals surface area contributed by atoms with E-state index in [1.54, 1.807) is 0 Å². The molecule has 0 N–H and O–H groups in total. The summed E-state index contributed by atoms with van der Waals surface area (Å²) in [6, 6.07) is 76.2. The Balaban J connectivity index is 0.00000231. The van der Waals surface area contributed by atoms with Gasteiger partial charge in [0.1, 0.15) is 0 Å². The van der Waals surface area contributed by atoms with Crippen LogP contribution in [-0.4, -0.2) is 4.57 Å². The zero-order valence-electron chi connectivity index (χ0n) is 37.6. The molecule has 1 aromatic heterocycles. The van der Waals surface area contributed by atoms with Gasteiger partial charge in [-0.25, -0.2) is 0 Å². The molecule has 0 radical (unpaired) electrons. The van der Waals surface area contributed by atoms with E-state index < -0.39 is 0 Å². The predicted octanol–water partition coefficient (Wildman–Crippen LogP) is 17.5. The fourth-order valence-corrected chi connectivity index (χ4v) is 10.4. The number of anilines is 3. The van der Waals surface area contributed by atoms with Crippen molar-refractivity contribution in [2.75, 3.05) is 4.90 Å². The molecule has 10 aromatic rings. The van der Waals surface area contributed by atoms with Gasteiger partial charge in [-0.1, -0.05) is 192 Å². The van der Waals surface area contributed by atoms with Crippen molar-refractivity contribution in [1.82, 2.24) is 4.57 Å². The lowest BCUT2D eigenvalue weighted by molar-refractivity contribution is 0.660. The molecule has 0 amide bonds. The van der Waals surface area contributed by atoms with Crippen molar-refractivity contribution >= 4 is 44.9 Å². The lowest BCUT2D eigenvalue weighted by Gasteiger charge is -2.28. The van der Waals surface area contributed by atoms with Crippen LogP contribution in [0.4, 0.5) is 17.1 Å². The topological polar surface area (TPSA) is 8.17 Å². The molecule has 0 saturated carbocycles. The van der Waals surface area contributed by atoms with Crippen molar-refractivity contribution in [3.63, 3.8) is 0 Å². The summed E-state index contributed by atoms with van der Waals surface area (Å²) in [5.74, 6) is 0. The highest BCUT2D eigenvalue weighted by Crippen LogP contribution is 2.51. The van der Waals surface area contributed by atoms with Crippen LogP contribution in [0.5, 0.6) is 0 Å². The number of fused-ring (bicyclic) bond motifs is 8. The molecule has 0 bridgehead atoms. The lowest BCUT2D eigenvalue weighted by atomic mass is 9.82. The molecule has 9 aromatic carbocycles. The molecule has 0 saturated heterocycles. The van der Waals surface area contributed by atoms with Crippen LogP contribution in [0.15, 0.2) is 212 Å². The minimum Gasteiger partial charge on any atom is -0.310 e. The molecular weight excluding hydrogens is 785 g/mol. The molecule has 65 heavy (non-hydrogen) atoms. The minimum atomic E-state index is -0.121. The van der Waals surface area contributed by atoms with Gasteiger partial charge in [-0.3, -0.25) is 0 Å². The molecule has 0 atom stereocenters. The van der Waals surface area contributed by atoms with Crippen LogP contribution in [0.3, 0.4) is 0 Å². The van der Waals surface area contributed by atoms with Crippen LogP contribution in [-0.2, 0) is 11.8 Å². The fraction of sp³-hybridized carbons (Fsp3) is 0.111. The first-order valence-corrected chi connectivity index (χ1v) is 23.2. The van der Waals surface area contributed by atoms with Gasteiger partial charge in [0.15, 0.2) is 0 Å². The van der Waals surface area contributed by atoms with E-state index in [1.165, 1.54) is 88.6 Å². The number of allylic oxidation sites excluding steroid dienone is 1. The van der Waals surface area contributed by atoms with Crippen molar-refractivity contribution in [1.29, 1.82) is 0 Å². The highest BCUT2D eigenvalue weighted by molar-refractivity contribution is 6.14. The lowest BCUT2D eigenvalue weighted by Crippen LogP contribution is -2.16. The van der Waals surface area contributed by atoms with Crippen LogP contribution < -0.4 is 4.90 Å². The molecule has 2 heteroatoms. The summed E-state index contributed by atoms with van der Waals surface area (Å²) in [5, 5.41) is 2.59. The van der Waals surface area contributed by atoms with E-state index in [9.17, 15) is 0 Å². The highest BCUT2D eigenvalue weighted by Gasteiger charge is 2.36. The molecule has 2 aliphatic rings. The van der Waals surface area contributed by atoms with E-state index in [2.05, 4.69) is 242 Å². The Morgan fingerprint density at radius 3 is 1.63 bits per heavy atom. The van der Waals surface area contributed by atoms with Gasteiger partial charge >= 0.3 is 0 Å². The standard InChI is InChI=1S/C61H46N2.C2H6/c1-61(2)56-20-12-11-19-53(56)54-36-34-50(39-57(54)61)62(48-30-25-45(26-31-48)42-15-7-4-8-16-42)51-35-37-55-59(40-51)63(58-38-29-47-17-9-10-18-52(47)60(55)58)49-32-27-46(28-33-49)44-23-21-43(22-24-44)41-13-5-3-6-14-41;1-2/h3-8,10-16,18-40H,9,17H2,1-2H3;1-2H3. The van der Waals surface area contributed by atoms with Gasteiger partial charge in [0, 0.05) is 38.9 Å². The van der Waals surface area contributed by atoms with Crippen LogP contribution in [0.25, 0.3) is 78.1 Å². The summed E-state index contributed by atoms with van der Waals surface area (Å²) in [5.41, 5.74) is 22.3. The van der Waals surface area contributed by atoms with E-state index in [-0.39, 0.29) is 5.41 Å². The van der Waals surface area contributed by atoms with Gasteiger partial charge in [0.2, 0.25) is 0 Å². The van der Waals surface area contributed by atoms with Crippen molar-refractivity contribution in [2.24, 2.45) is 0 Å². The van der Waals surface area contributed by atoms with Gasteiger partial charge < -0.3 is 9.47 Å². The number of hydrogen-bond acceptors (Lipinski definition) is 1. The first-order chi connectivity index (χ1) is 32.0. The molecule has 2 aliphatic carbocycles. The van der Waals surface area contributed by atoms with Gasteiger partial charge in [-0.05, 0) is 134 Å². The third-order valence-corrected chi connectivity index (χ3v) is 13.7. The van der Waals surface area contributed by atoms with Crippen LogP contribution in [0.1, 0.15) is 56.4 Å². The minimum absolute atomic E-state index is 0.121. The van der Waals surface area contributed by atoms with Crippen LogP contribution >= 0.6 is 0 Å². The monoisotopic (exact) mass is 836 g/mol. The Hall–Kier alpha value is -7.68. The zero-order chi connectivity index (χ0) is 44.1. The summed E-state index contributed by atoms with van der Waals surface area (Å²) in [6.07, 6.45) is 6.84. The first kappa shape index (κ1) is 40.1. The van der Waals surface area contributed by atoms with Gasteiger partial charge in [0.25, 0.3) is 0 Å². The smallest absolute Gasteiger partial charge is 0.0562 e. The van der Waals surface area contributed by atoms with Crippen molar-refractivity contribution in [3.8, 4) is 50.2 Å².